The molecular formula is C25H35FN7O2+. The van der Waals surface area contributed by atoms with E-state index in [0.717, 1.165) is 56.7 Å². The quantitative estimate of drug-likeness (QED) is 0.278. The molecule has 0 saturated carbocycles. The van der Waals surface area contributed by atoms with Crippen molar-refractivity contribution in [1.29, 1.82) is 5.26 Å². The van der Waals surface area contributed by atoms with Gasteiger partial charge in [-0.3, -0.25) is 14.5 Å². The van der Waals surface area contributed by atoms with Crippen molar-refractivity contribution in [3.05, 3.63) is 46.4 Å². The van der Waals surface area contributed by atoms with Crippen LogP contribution in [0.5, 0.6) is 0 Å². The summed E-state index contributed by atoms with van der Waals surface area (Å²) in [5.41, 5.74) is 2.42. The molecule has 0 bridgehead atoms. The summed E-state index contributed by atoms with van der Waals surface area (Å²) in [6.45, 7) is 4.01. The fraction of sp³-hybridized carbons (Fsp3) is 0.560. The summed E-state index contributed by atoms with van der Waals surface area (Å²) in [6.07, 6.45) is 8.48. The highest BCUT2D eigenvalue weighted by molar-refractivity contribution is 5.84. The number of aryl methyl sites for hydroxylation is 2. The third kappa shape index (κ3) is 7.86. The van der Waals surface area contributed by atoms with Gasteiger partial charge in [-0.25, -0.2) is 4.98 Å². The van der Waals surface area contributed by atoms with Crippen LogP contribution in [0, 0.1) is 16.2 Å². The molecule has 3 heterocycles. The molecular weight excluding hydrogens is 449 g/mol. The molecule has 0 amide bonds. The molecule has 35 heavy (non-hydrogen) atoms. The van der Waals surface area contributed by atoms with Gasteiger partial charge in [0.25, 0.3) is 0 Å². The number of nitrogens with zero attached hydrogens (tertiary/aromatic N) is 4. The van der Waals surface area contributed by atoms with E-state index in [-0.39, 0.29) is 17.3 Å². The van der Waals surface area contributed by atoms with Gasteiger partial charge in [0.15, 0.2) is 18.0 Å². The summed E-state index contributed by atoms with van der Waals surface area (Å²) in [7, 11) is 0. The Balaban J connectivity index is 1.52. The summed E-state index contributed by atoms with van der Waals surface area (Å²) in [5.74, 6) is 0.906. The van der Waals surface area contributed by atoms with Gasteiger partial charge >= 0.3 is 5.82 Å². The number of carbonyl (C=O) groups is 1. The largest absolute Gasteiger partial charge is 0.370 e. The van der Waals surface area contributed by atoms with E-state index in [1.165, 1.54) is 24.9 Å². The molecule has 1 aliphatic rings. The molecule has 0 radical (unpaired) electrons. The molecule has 9 nitrogen and oxygen atoms in total. The lowest BCUT2D eigenvalue weighted by molar-refractivity contribution is -0.479. The third-order valence-corrected chi connectivity index (χ3v) is 6.26. The normalized spacial score (nSPS) is 13.5. The number of pyridine rings is 1. The Hall–Kier alpha value is -3.32. The molecule has 0 unspecified atom stereocenters. The predicted molar refractivity (Wildman–Crippen MR) is 133 cm³/mol. The van der Waals surface area contributed by atoms with Crippen LogP contribution >= 0.6 is 0 Å². The van der Waals surface area contributed by atoms with Crippen molar-refractivity contribution in [2.75, 3.05) is 43.5 Å². The number of unbranched alkanes of at least 4 members (excludes halogenated alkanes) is 1. The molecule has 0 spiro atoms. The van der Waals surface area contributed by atoms with Gasteiger partial charge in [-0.1, -0.05) is 11.0 Å². The van der Waals surface area contributed by atoms with Crippen molar-refractivity contribution in [2.24, 2.45) is 0 Å². The van der Waals surface area contributed by atoms with Crippen molar-refractivity contribution in [2.45, 2.75) is 57.9 Å². The van der Waals surface area contributed by atoms with Gasteiger partial charge < -0.3 is 15.2 Å². The SMILES string of the molecule is CC(=O)[C@H](CCN(CCCF)CCCCc1ccc2c(n1)NCCC2)Nc1c(C#N)[nH]cc[n+]1=O. The Morgan fingerprint density at radius 3 is 2.91 bits per heavy atom. The van der Waals surface area contributed by atoms with Crippen LogP contribution in [0.25, 0.3) is 0 Å². The number of hydrogen-bond acceptors (Lipinski definition) is 7. The van der Waals surface area contributed by atoms with E-state index in [2.05, 4.69) is 32.7 Å². The number of halogens is 1. The lowest BCUT2D eigenvalue weighted by atomic mass is 10.1. The van der Waals surface area contributed by atoms with Crippen LogP contribution in [-0.4, -0.2) is 59.5 Å². The highest BCUT2D eigenvalue weighted by Crippen LogP contribution is 2.20. The fourth-order valence-electron chi connectivity index (χ4n) is 4.28. The predicted octanol–water partition coefficient (Wildman–Crippen LogP) is 3.00. The first-order chi connectivity index (χ1) is 17.0. The third-order valence-electron chi connectivity index (χ3n) is 6.26. The zero-order valence-corrected chi connectivity index (χ0v) is 20.4. The van der Waals surface area contributed by atoms with E-state index >= 15 is 0 Å². The number of H-pyrrole nitrogens is 1. The maximum atomic E-state index is 12.9. The van der Waals surface area contributed by atoms with Gasteiger partial charge in [-0.15, -0.1) is 0 Å². The van der Waals surface area contributed by atoms with Crippen molar-refractivity contribution in [3.63, 3.8) is 0 Å². The van der Waals surface area contributed by atoms with Crippen molar-refractivity contribution in [3.8, 4) is 6.07 Å². The summed E-state index contributed by atoms with van der Waals surface area (Å²) < 4.78 is 13.4. The Labute approximate surface area is 205 Å². The molecule has 0 aliphatic carbocycles. The standard InChI is InChI=1S/C25H35FN7O2/c1-19(34)22(31-25-23(18-27)28-13-17-33(25)35)10-16-32(15-5-11-26)14-3-2-7-21-9-8-20-6-4-12-29-24(20)30-21/h8-9,13,17,22,31H,2-7,10-12,14-16H2,1H3,(H,28,35)(H,29,30)/q+1/t22-/m0/s1. The first kappa shape index (κ1) is 26.3. The number of rotatable bonds is 14. The number of anilines is 2. The molecule has 0 aromatic carbocycles. The Morgan fingerprint density at radius 1 is 1.31 bits per heavy atom. The number of nitrogens with one attached hydrogen (secondary N) is 3. The maximum Gasteiger partial charge on any atom is 0.354 e. The minimum absolute atomic E-state index is 0.0255. The monoisotopic (exact) mass is 484 g/mol. The molecule has 1 aliphatic heterocycles. The van der Waals surface area contributed by atoms with Crippen LogP contribution in [0.3, 0.4) is 0 Å². The number of alkyl halides is 1. The molecule has 10 heteroatoms. The zero-order chi connectivity index (χ0) is 25.0. The zero-order valence-electron chi connectivity index (χ0n) is 20.4. The van der Waals surface area contributed by atoms with Crippen molar-refractivity contribution < 1.29 is 13.6 Å². The lowest BCUT2D eigenvalue weighted by Crippen LogP contribution is -2.37. The van der Waals surface area contributed by atoms with Gasteiger partial charge in [-0.2, -0.15) is 5.26 Å². The maximum absolute atomic E-state index is 12.9. The second-order valence-corrected chi connectivity index (χ2v) is 8.90. The van der Waals surface area contributed by atoms with Gasteiger partial charge in [0.1, 0.15) is 11.9 Å². The number of aromatic nitrogens is 3. The van der Waals surface area contributed by atoms with E-state index in [4.69, 9.17) is 4.98 Å². The first-order valence-electron chi connectivity index (χ1n) is 12.3. The average Bonchev–Trinajstić information content (AvgIpc) is 2.87. The molecule has 3 rings (SSSR count). The highest BCUT2D eigenvalue weighted by atomic mass is 19.1. The molecule has 3 N–H and O–H groups in total. The van der Waals surface area contributed by atoms with E-state index < -0.39 is 12.7 Å². The van der Waals surface area contributed by atoms with E-state index in [0.29, 0.717) is 30.4 Å². The molecule has 2 aromatic heterocycles. The van der Waals surface area contributed by atoms with Gasteiger partial charge in [-0.05, 0) is 63.6 Å². The summed E-state index contributed by atoms with van der Waals surface area (Å²) in [6, 6.07) is 5.57. The summed E-state index contributed by atoms with van der Waals surface area (Å²) in [5, 5.41) is 15.6. The second-order valence-electron chi connectivity index (χ2n) is 8.90. The minimum Gasteiger partial charge on any atom is -0.370 e. The first-order valence-corrected chi connectivity index (χ1v) is 12.3. The number of hydrogen-bond donors (Lipinski definition) is 3. The van der Waals surface area contributed by atoms with Gasteiger partial charge in [0, 0.05) is 42.4 Å². The van der Waals surface area contributed by atoms with Crippen LogP contribution in [-0.2, 0) is 17.6 Å². The number of nitriles is 1. The number of aromatic amines is 1. The fourth-order valence-corrected chi connectivity index (χ4v) is 4.28. The van der Waals surface area contributed by atoms with Crippen LogP contribution in [0.1, 0.15) is 56.0 Å². The van der Waals surface area contributed by atoms with E-state index in [1.807, 2.05) is 6.07 Å². The molecule has 1 atom stereocenters. The topological polar surface area (TPSA) is 120 Å². The van der Waals surface area contributed by atoms with E-state index in [1.54, 1.807) is 0 Å². The van der Waals surface area contributed by atoms with Gasteiger partial charge in [0.05, 0.1) is 6.67 Å². The Bertz CT molecular complexity index is 1080. The minimum atomic E-state index is -0.627. The smallest absolute Gasteiger partial charge is 0.354 e. The Morgan fingerprint density at radius 2 is 2.14 bits per heavy atom. The van der Waals surface area contributed by atoms with Crippen LogP contribution in [0.2, 0.25) is 0 Å². The second kappa shape index (κ2) is 13.5. The Kier molecular flexibility index (Phi) is 10.2. The molecule has 188 valence electrons. The van der Waals surface area contributed by atoms with Crippen LogP contribution in [0.15, 0.2) is 24.5 Å². The number of carbonyl (C=O) groups excluding carboxylic acids is 1. The number of fused-ring (bicyclic) bond motifs is 1. The average molecular weight is 485 g/mol. The van der Waals surface area contributed by atoms with Gasteiger partial charge in [0.2, 0.25) is 5.69 Å². The van der Waals surface area contributed by atoms with Crippen molar-refractivity contribution in [1.82, 2.24) is 14.9 Å². The summed E-state index contributed by atoms with van der Waals surface area (Å²) >= 11 is 0. The number of ketones is 1. The molecule has 0 fully saturated rings. The molecule has 0 saturated heterocycles. The van der Waals surface area contributed by atoms with Crippen LogP contribution < -0.4 is 15.1 Å². The number of Topliss-reactive ketones (excluding diaryl/α,β-unsaturated/α-hetero) is 1. The van der Waals surface area contributed by atoms with Crippen LogP contribution in [0.4, 0.5) is 16.0 Å². The lowest BCUT2D eigenvalue weighted by Gasteiger charge is -2.23. The molecule has 2 aromatic rings. The van der Waals surface area contributed by atoms with Crippen molar-refractivity contribution >= 4 is 17.4 Å². The van der Waals surface area contributed by atoms with E-state index in [9.17, 15) is 19.4 Å². The highest BCUT2D eigenvalue weighted by Gasteiger charge is 2.25. The summed E-state index contributed by atoms with van der Waals surface area (Å²) in [4.78, 5) is 34.0.